The van der Waals surface area contributed by atoms with E-state index in [0.717, 1.165) is 31.2 Å². The van der Waals surface area contributed by atoms with Crippen LogP contribution in [0.2, 0.25) is 0 Å². The molecule has 18 heavy (non-hydrogen) atoms. The minimum absolute atomic E-state index is 0.338. The molecule has 0 spiro atoms. The summed E-state index contributed by atoms with van der Waals surface area (Å²) in [6.45, 7) is 8.37. The molecule has 2 unspecified atom stereocenters. The maximum absolute atomic E-state index is 5.78. The van der Waals surface area contributed by atoms with E-state index in [1.165, 1.54) is 19.3 Å². The van der Waals surface area contributed by atoms with E-state index in [1.54, 1.807) is 0 Å². The van der Waals surface area contributed by atoms with Crippen LogP contribution in [-0.4, -0.2) is 28.8 Å². The van der Waals surface area contributed by atoms with Gasteiger partial charge in [-0.05, 0) is 33.1 Å². The number of aryl methyl sites for hydroxylation is 1. The number of rotatable bonds is 6. The first-order valence-corrected chi connectivity index (χ1v) is 7.13. The second-order valence-corrected chi connectivity index (χ2v) is 5.19. The molecule has 1 N–H and O–H groups in total. The van der Waals surface area contributed by atoms with Crippen molar-refractivity contribution in [3.8, 4) is 0 Å². The first-order valence-electron chi connectivity index (χ1n) is 7.13. The molecule has 1 aromatic rings. The van der Waals surface area contributed by atoms with Crippen molar-refractivity contribution in [2.75, 3.05) is 18.5 Å². The lowest BCUT2D eigenvalue weighted by Gasteiger charge is -2.22. The Kier molecular flexibility index (Phi) is 4.64. The number of unbranched alkanes of at least 4 members (excludes halogenated alkanes) is 1. The fourth-order valence-corrected chi connectivity index (χ4v) is 2.50. The highest BCUT2D eigenvalue weighted by Crippen LogP contribution is 2.27. The second kappa shape index (κ2) is 6.23. The van der Waals surface area contributed by atoms with Gasteiger partial charge in [-0.1, -0.05) is 13.3 Å². The Balaban J connectivity index is 2.05. The van der Waals surface area contributed by atoms with Crippen LogP contribution < -0.4 is 5.32 Å². The predicted octanol–water partition coefficient (Wildman–Crippen LogP) is 3.14. The molecule has 0 radical (unpaired) electrons. The zero-order chi connectivity index (χ0) is 13.0. The Morgan fingerprint density at radius 2 is 2.44 bits per heavy atom. The molecule has 1 aromatic heterocycles. The van der Waals surface area contributed by atoms with Gasteiger partial charge in [-0.2, -0.15) is 0 Å². The summed E-state index contributed by atoms with van der Waals surface area (Å²) in [5.74, 6) is 0.990. The minimum Gasteiger partial charge on any atom is -0.376 e. The van der Waals surface area contributed by atoms with Crippen LogP contribution in [0, 0.1) is 6.92 Å². The molecule has 4 heteroatoms. The summed E-state index contributed by atoms with van der Waals surface area (Å²) in [5, 5.41) is 3.44. The van der Waals surface area contributed by atoms with Crippen molar-refractivity contribution in [1.29, 1.82) is 0 Å². The molecule has 1 saturated heterocycles. The number of ether oxygens (including phenoxy) is 1. The summed E-state index contributed by atoms with van der Waals surface area (Å²) in [4.78, 5) is 4.57. The highest BCUT2D eigenvalue weighted by atomic mass is 16.5. The van der Waals surface area contributed by atoms with Gasteiger partial charge in [-0.3, -0.25) is 0 Å². The topological polar surface area (TPSA) is 39.1 Å². The van der Waals surface area contributed by atoms with Crippen molar-refractivity contribution in [2.45, 2.75) is 58.6 Å². The van der Waals surface area contributed by atoms with Crippen molar-refractivity contribution in [1.82, 2.24) is 9.55 Å². The molecule has 1 fully saturated rings. The highest BCUT2D eigenvalue weighted by molar-refractivity contribution is 5.29. The summed E-state index contributed by atoms with van der Waals surface area (Å²) >= 11 is 0. The fourth-order valence-electron chi connectivity index (χ4n) is 2.50. The number of imidazole rings is 1. The minimum atomic E-state index is 0.338. The maximum Gasteiger partial charge on any atom is 0.203 e. The Hall–Kier alpha value is -1.03. The van der Waals surface area contributed by atoms with Gasteiger partial charge in [0.05, 0.1) is 17.8 Å². The van der Waals surface area contributed by atoms with Gasteiger partial charge < -0.3 is 14.6 Å². The van der Waals surface area contributed by atoms with Crippen molar-refractivity contribution >= 4 is 5.95 Å². The van der Waals surface area contributed by atoms with Crippen LogP contribution in [0.25, 0.3) is 0 Å². The number of anilines is 1. The van der Waals surface area contributed by atoms with Gasteiger partial charge in [0.15, 0.2) is 0 Å². The average Bonchev–Trinajstić information content (AvgIpc) is 2.98. The van der Waals surface area contributed by atoms with Crippen LogP contribution >= 0.6 is 0 Å². The Morgan fingerprint density at radius 1 is 1.61 bits per heavy atom. The smallest absolute Gasteiger partial charge is 0.203 e. The van der Waals surface area contributed by atoms with Crippen LogP contribution in [0.4, 0.5) is 5.95 Å². The van der Waals surface area contributed by atoms with Gasteiger partial charge >= 0.3 is 0 Å². The highest BCUT2D eigenvalue weighted by Gasteiger charge is 2.25. The summed E-state index contributed by atoms with van der Waals surface area (Å²) < 4.78 is 8.02. The van der Waals surface area contributed by atoms with E-state index in [1.807, 2.05) is 6.92 Å². The van der Waals surface area contributed by atoms with E-state index in [4.69, 9.17) is 4.74 Å². The summed E-state index contributed by atoms with van der Waals surface area (Å²) in [6.07, 6.45) is 7.19. The molecule has 4 nitrogen and oxygen atoms in total. The molecule has 2 atom stereocenters. The number of aromatic nitrogens is 2. The SMILES string of the molecule is CCCCNc1nc(C)cn1C(C)C1CCCO1. The Labute approximate surface area is 110 Å². The largest absolute Gasteiger partial charge is 0.376 e. The van der Waals surface area contributed by atoms with Crippen molar-refractivity contribution in [2.24, 2.45) is 0 Å². The quantitative estimate of drug-likeness (QED) is 0.789. The molecule has 1 aliphatic heterocycles. The zero-order valence-electron chi connectivity index (χ0n) is 11.8. The summed E-state index contributed by atoms with van der Waals surface area (Å²) in [7, 11) is 0. The maximum atomic E-state index is 5.78. The fraction of sp³-hybridized carbons (Fsp3) is 0.786. The number of nitrogens with one attached hydrogen (secondary N) is 1. The second-order valence-electron chi connectivity index (χ2n) is 5.19. The average molecular weight is 251 g/mol. The number of nitrogens with zero attached hydrogens (tertiary/aromatic N) is 2. The molecule has 0 aromatic carbocycles. The van der Waals surface area contributed by atoms with Crippen molar-refractivity contribution in [3.63, 3.8) is 0 Å². The number of hydrogen-bond acceptors (Lipinski definition) is 3. The summed E-state index contributed by atoms with van der Waals surface area (Å²) in [6, 6.07) is 0.359. The van der Waals surface area contributed by atoms with E-state index in [-0.39, 0.29) is 0 Å². The zero-order valence-corrected chi connectivity index (χ0v) is 11.8. The molecule has 2 heterocycles. The van der Waals surface area contributed by atoms with E-state index in [9.17, 15) is 0 Å². The Morgan fingerprint density at radius 3 is 3.11 bits per heavy atom. The first-order chi connectivity index (χ1) is 8.72. The number of hydrogen-bond donors (Lipinski definition) is 1. The van der Waals surface area contributed by atoms with Crippen LogP contribution in [0.5, 0.6) is 0 Å². The third-order valence-electron chi connectivity index (χ3n) is 3.61. The van der Waals surface area contributed by atoms with E-state index in [0.29, 0.717) is 12.1 Å². The van der Waals surface area contributed by atoms with Crippen molar-refractivity contribution in [3.05, 3.63) is 11.9 Å². The monoisotopic (exact) mass is 251 g/mol. The lowest BCUT2D eigenvalue weighted by atomic mass is 10.1. The molecule has 0 bridgehead atoms. The van der Waals surface area contributed by atoms with Crippen LogP contribution in [-0.2, 0) is 4.74 Å². The van der Waals surface area contributed by atoms with Gasteiger partial charge in [0.2, 0.25) is 5.95 Å². The molecule has 1 aliphatic rings. The van der Waals surface area contributed by atoms with Crippen LogP contribution in [0.1, 0.15) is 51.3 Å². The molecule has 102 valence electrons. The van der Waals surface area contributed by atoms with Gasteiger partial charge in [0.1, 0.15) is 0 Å². The van der Waals surface area contributed by atoms with E-state index >= 15 is 0 Å². The van der Waals surface area contributed by atoms with Gasteiger partial charge in [-0.25, -0.2) is 4.98 Å². The normalized spacial score (nSPS) is 21.2. The Bertz CT molecular complexity index is 369. The third kappa shape index (κ3) is 3.05. The van der Waals surface area contributed by atoms with Gasteiger partial charge in [0.25, 0.3) is 0 Å². The molecule has 2 rings (SSSR count). The molecular weight excluding hydrogens is 226 g/mol. The van der Waals surface area contributed by atoms with E-state index < -0.39 is 0 Å². The van der Waals surface area contributed by atoms with E-state index in [2.05, 4.69) is 34.9 Å². The van der Waals surface area contributed by atoms with Crippen LogP contribution in [0.3, 0.4) is 0 Å². The van der Waals surface area contributed by atoms with Gasteiger partial charge in [-0.15, -0.1) is 0 Å². The molecule has 0 amide bonds. The lowest BCUT2D eigenvalue weighted by Crippen LogP contribution is -2.22. The van der Waals surface area contributed by atoms with Gasteiger partial charge in [0, 0.05) is 19.3 Å². The predicted molar refractivity (Wildman–Crippen MR) is 74.0 cm³/mol. The lowest BCUT2D eigenvalue weighted by molar-refractivity contribution is 0.0738. The standard InChI is InChI=1S/C14H25N3O/c1-4-5-8-15-14-16-11(2)10-17(14)12(3)13-7-6-9-18-13/h10,12-13H,4-9H2,1-3H3,(H,15,16). The van der Waals surface area contributed by atoms with Crippen LogP contribution in [0.15, 0.2) is 6.20 Å². The molecule has 0 aliphatic carbocycles. The molecule has 0 saturated carbocycles. The first kappa shape index (κ1) is 13.4. The molecular formula is C14H25N3O. The summed E-state index contributed by atoms with van der Waals surface area (Å²) in [5.41, 5.74) is 1.07. The third-order valence-corrected chi connectivity index (χ3v) is 3.61. The van der Waals surface area contributed by atoms with Crippen molar-refractivity contribution < 1.29 is 4.74 Å².